The Labute approximate surface area is 164 Å². The summed E-state index contributed by atoms with van der Waals surface area (Å²) in [6.07, 6.45) is 3.31. The second kappa shape index (κ2) is 6.91. The van der Waals surface area contributed by atoms with E-state index in [2.05, 4.69) is 48.4 Å². The van der Waals surface area contributed by atoms with Crippen LogP contribution in [0, 0.1) is 0 Å². The normalized spacial score (nSPS) is 16.8. The van der Waals surface area contributed by atoms with Crippen molar-refractivity contribution in [1.82, 2.24) is 24.5 Å². The van der Waals surface area contributed by atoms with Crippen molar-refractivity contribution in [3.05, 3.63) is 58.0 Å². The largest absolute Gasteiger partial charge is 0.492 e. The van der Waals surface area contributed by atoms with Gasteiger partial charge in [0.1, 0.15) is 12.1 Å². The Bertz CT molecular complexity index is 1020. The Morgan fingerprint density at radius 2 is 1.93 bits per heavy atom. The molecule has 0 bridgehead atoms. The Morgan fingerprint density at radius 3 is 2.63 bits per heavy atom. The maximum atomic E-state index is 10.7. The molecule has 27 heavy (non-hydrogen) atoms. The van der Waals surface area contributed by atoms with E-state index in [1.165, 1.54) is 27.1 Å². The fraction of sp³-hybridized carbons (Fsp3) is 0.278. The van der Waals surface area contributed by atoms with Crippen molar-refractivity contribution in [3.63, 3.8) is 0 Å². The summed E-state index contributed by atoms with van der Waals surface area (Å²) in [6.45, 7) is 3.60. The maximum absolute atomic E-state index is 10.7. The standard InChI is InChI=1S/C18H18N6OS2/c25-17-16(27-18-20-12-21-24(17)18)15(13-4-3-11-26-13)23-9-7-22(8-10-23)14-5-1-2-6-19-14/h1-6,11-12,15,25H,7-10H2. The van der Waals surface area contributed by atoms with E-state index < -0.39 is 0 Å². The number of anilines is 1. The summed E-state index contributed by atoms with van der Waals surface area (Å²) in [5.41, 5.74) is 0. The van der Waals surface area contributed by atoms with E-state index >= 15 is 0 Å². The van der Waals surface area contributed by atoms with Gasteiger partial charge in [-0.25, -0.2) is 9.97 Å². The molecular formula is C18H18N6OS2. The third kappa shape index (κ3) is 2.97. The van der Waals surface area contributed by atoms with E-state index in [0.29, 0.717) is 0 Å². The number of aromatic nitrogens is 4. The van der Waals surface area contributed by atoms with Gasteiger partial charge in [0, 0.05) is 37.3 Å². The molecule has 1 aliphatic heterocycles. The zero-order chi connectivity index (χ0) is 18.2. The number of nitrogens with zero attached hydrogens (tertiary/aromatic N) is 6. The van der Waals surface area contributed by atoms with Crippen molar-refractivity contribution in [2.24, 2.45) is 0 Å². The molecule has 7 nitrogen and oxygen atoms in total. The zero-order valence-electron chi connectivity index (χ0n) is 14.5. The first-order valence-corrected chi connectivity index (χ1v) is 10.5. The van der Waals surface area contributed by atoms with Gasteiger partial charge in [0.25, 0.3) is 0 Å². The van der Waals surface area contributed by atoms with Crippen molar-refractivity contribution in [1.29, 1.82) is 0 Å². The van der Waals surface area contributed by atoms with Crippen LogP contribution in [0.3, 0.4) is 0 Å². The molecule has 0 aliphatic carbocycles. The highest BCUT2D eigenvalue weighted by atomic mass is 32.1. The first-order chi connectivity index (χ1) is 13.3. The van der Waals surface area contributed by atoms with Crippen LogP contribution in [0.5, 0.6) is 5.88 Å². The van der Waals surface area contributed by atoms with Crippen molar-refractivity contribution in [2.45, 2.75) is 6.04 Å². The maximum Gasteiger partial charge on any atom is 0.230 e. The van der Waals surface area contributed by atoms with Crippen LogP contribution in [0.1, 0.15) is 15.8 Å². The molecule has 4 aromatic heterocycles. The molecule has 5 heterocycles. The van der Waals surface area contributed by atoms with Gasteiger partial charge in [-0.1, -0.05) is 23.5 Å². The quantitative estimate of drug-likeness (QED) is 0.570. The number of hydrogen-bond acceptors (Lipinski definition) is 8. The van der Waals surface area contributed by atoms with Gasteiger partial charge in [-0.3, -0.25) is 4.90 Å². The molecule has 0 aromatic carbocycles. The third-order valence-corrected chi connectivity index (χ3v) is 6.86. The van der Waals surface area contributed by atoms with Crippen LogP contribution in [0.25, 0.3) is 4.96 Å². The highest BCUT2D eigenvalue weighted by molar-refractivity contribution is 7.17. The highest BCUT2D eigenvalue weighted by Gasteiger charge is 2.32. The Balaban J connectivity index is 1.44. The fourth-order valence-electron chi connectivity index (χ4n) is 3.54. The van der Waals surface area contributed by atoms with Gasteiger partial charge in [-0.05, 0) is 23.6 Å². The predicted octanol–water partition coefficient (Wildman–Crippen LogP) is 2.86. The van der Waals surface area contributed by atoms with Crippen molar-refractivity contribution >= 4 is 33.5 Å². The lowest BCUT2D eigenvalue weighted by molar-refractivity contribution is 0.213. The first kappa shape index (κ1) is 16.7. The molecule has 1 unspecified atom stereocenters. The van der Waals surface area contributed by atoms with Gasteiger partial charge in [0.2, 0.25) is 10.8 Å². The van der Waals surface area contributed by atoms with Gasteiger partial charge in [0.05, 0.1) is 10.9 Å². The summed E-state index contributed by atoms with van der Waals surface area (Å²) in [5.74, 6) is 1.21. The number of piperazine rings is 1. The minimum Gasteiger partial charge on any atom is -0.492 e. The Kier molecular flexibility index (Phi) is 4.27. The van der Waals surface area contributed by atoms with Crippen molar-refractivity contribution < 1.29 is 5.11 Å². The van der Waals surface area contributed by atoms with Crippen LogP contribution in [0.15, 0.2) is 48.2 Å². The number of fused-ring (bicyclic) bond motifs is 1. The second-order valence-corrected chi connectivity index (χ2v) is 8.36. The van der Waals surface area contributed by atoms with E-state index in [9.17, 15) is 5.11 Å². The molecule has 1 N–H and O–H groups in total. The topological polar surface area (TPSA) is 69.8 Å². The summed E-state index contributed by atoms with van der Waals surface area (Å²) >= 11 is 3.22. The molecule has 0 amide bonds. The number of thiazole rings is 1. The smallest absolute Gasteiger partial charge is 0.230 e. The molecule has 1 aliphatic rings. The van der Waals surface area contributed by atoms with E-state index in [1.807, 2.05) is 18.3 Å². The number of thiophene rings is 1. The molecule has 5 rings (SSSR count). The van der Waals surface area contributed by atoms with Crippen molar-refractivity contribution in [2.75, 3.05) is 31.1 Å². The molecule has 138 valence electrons. The summed E-state index contributed by atoms with van der Waals surface area (Å²) in [5, 5.41) is 17.0. The SMILES string of the molecule is Oc1c(C(c2cccs2)N2CCN(c3ccccn3)CC2)sc2ncnn12. The fourth-order valence-corrected chi connectivity index (χ4v) is 5.57. The summed E-state index contributed by atoms with van der Waals surface area (Å²) < 4.78 is 1.52. The van der Waals surface area contributed by atoms with Crippen LogP contribution in [-0.2, 0) is 0 Å². The van der Waals surface area contributed by atoms with Crippen LogP contribution >= 0.6 is 22.7 Å². The number of rotatable bonds is 4. The van der Waals surface area contributed by atoms with Crippen LogP contribution < -0.4 is 4.90 Å². The van der Waals surface area contributed by atoms with E-state index in [1.54, 1.807) is 11.3 Å². The van der Waals surface area contributed by atoms with Crippen LogP contribution in [0.4, 0.5) is 5.82 Å². The predicted molar refractivity (Wildman–Crippen MR) is 107 cm³/mol. The molecule has 4 aromatic rings. The average Bonchev–Trinajstić information content (AvgIpc) is 3.45. The Morgan fingerprint density at radius 1 is 1.04 bits per heavy atom. The van der Waals surface area contributed by atoms with Gasteiger partial charge in [-0.2, -0.15) is 9.61 Å². The highest BCUT2D eigenvalue weighted by Crippen LogP contribution is 2.41. The number of aromatic hydroxyl groups is 1. The van der Waals surface area contributed by atoms with E-state index in [4.69, 9.17) is 0 Å². The lowest BCUT2D eigenvalue weighted by Gasteiger charge is -2.39. The molecule has 9 heteroatoms. The van der Waals surface area contributed by atoms with Crippen molar-refractivity contribution in [3.8, 4) is 5.88 Å². The average molecular weight is 399 g/mol. The summed E-state index contributed by atoms with van der Waals surface area (Å²) in [4.78, 5) is 16.3. The third-order valence-electron chi connectivity index (χ3n) is 4.85. The zero-order valence-corrected chi connectivity index (χ0v) is 16.1. The van der Waals surface area contributed by atoms with Crippen LogP contribution in [-0.4, -0.2) is 55.8 Å². The summed E-state index contributed by atoms with van der Waals surface area (Å²) in [7, 11) is 0. The first-order valence-electron chi connectivity index (χ1n) is 8.76. The Hall–Kier alpha value is -2.49. The lowest BCUT2D eigenvalue weighted by atomic mass is 10.1. The number of hydrogen-bond donors (Lipinski definition) is 1. The minimum absolute atomic E-state index is 0.0179. The van der Waals surface area contributed by atoms with Gasteiger partial charge in [0.15, 0.2) is 0 Å². The molecule has 1 fully saturated rings. The van der Waals surface area contributed by atoms with E-state index in [-0.39, 0.29) is 11.9 Å². The minimum atomic E-state index is 0.0179. The number of pyridine rings is 1. The lowest BCUT2D eigenvalue weighted by Crippen LogP contribution is -2.48. The molecule has 1 saturated heterocycles. The van der Waals surface area contributed by atoms with Gasteiger partial charge < -0.3 is 10.0 Å². The monoisotopic (exact) mass is 398 g/mol. The van der Waals surface area contributed by atoms with E-state index in [0.717, 1.165) is 41.8 Å². The molecular weight excluding hydrogens is 380 g/mol. The molecule has 1 atom stereocenters. The molecule has 0 spiro atoms. The van der Waals surface area contributed by atoms with Gasteiger partial charge >= 0.3 is 0 Å². The summed E-state index contributed by atoms with van der Waals surface area (Å²) in [6, 6.07) is 10.2. The second-order valence-electron chi connectivity index (χ2n) is 6.37. The van der Waals surface area contributed by atoms with Gasteiger partial charge in [-0.15, -0.1) is 11.3 Å². The molecule has 0 radical (unpaired) electrons. The molecule has 0 saturated carbocycles. The van der Waals surface area contributed by atoms with Crippen LogP contribution in [0.2, 0.25) is 0 Å².